The van der Waals surface area contributed by atoms with Gasteiger partial charge in [0, 0.05) is 12.7 Å². The van der Waals surface area contributed by atoms with Crippen LogP contribution in [0.4, 0.5) is 0 Å². The van der Waals surface area contributed by atoms with Crippen molar-refractivity contribution in [3.63, 3.8) is 0 Å². The van der Waals surface area contributed by atoms with Gasteiger partial charge >= 0.3 is 0 Å². The Morgan fingerprint density at radius 2 is 2.28 bits per heavy atom. The molecule has 1 saturated heterocycles. The van der Waals surface area contributed by atoms with Crippen LogP contribution >= 0.6 is 11.6 Å². The first-order valence-corrected chi connectivity index (χ1v) is 6.42. The van der Waals surface area contributed by atoms with E-state index in [2.05, 4.69) is 4.98 Å². The second-order valence-electron chi connectivity index (χ2n) is 5.18. The fourth-order valence-electron chi connectivity index (χ4n) is 2.41. The molecule has 1 atom stereocenters. The monoisotopic (exact) mass is 268 g/mol. The summed E-state index contributed by atoms with van der Waals surface area (Å²) < 4.78 is 0. The number of hydrogen-bond donors (Lipinski definition) is 1. The van der Waals surface area contributed by atoms with E-state index in [9.17, 15) is 9.90 Å². The minimum atomic E-state index is -0.883. The SMILES string of the molecule is CC(C)(O)C1CCCN1C(=O)c1ccc(Cl)nc1. The van der Waals surface area contributed by atoms with Gasteiger partial charge in [-0.1, -0.05) is 11.6 Å². The summed E-state index contributed by atoms with van der Waals surface area (Å²) in [5.41, 5.74) is -0.373. The Balaban J connectivity index is 2.20. The summed E-state index contributed by atoms with van der Waals surface area (Å²) in [5.74, 6) is -0.0937. The molecule has 0 spiro atoms. The van der Waals surface area contributed by atoms with Gasteiger partial charge in [0.15, 0.2) is 0 Å². The fourth-order valence-corrected chi connectivity index (χ4v) is 2.52. The Morgan fingerprint density at radius 3 is 2.83 bits per heavy atom. The summed E-state index contributed by atoms with van der Waals surface area (Å²) in [6.45, 7) is 4.16. The lowest BCUT2D eigenvalue weighted by Gasteiger charge is -2.33. The molecule has 98 valence electrons. The summed E-state index contributed by atoms with van der Waals surface area (Å²) in [6.07, 6.45) is 3.22. The third-order valence-electron chi connectivity index (χ3n) is 3.30. The van der Waals surface area contributed by atoms with Crippen LogP contribution in [0.5, 0.6) is 0 Å². The number of carbonyl (C=O) groups excluding carboxylic acids is 1. The number of pyridine rings is 1. The van der Waals surface area contributed by atoms with Gasteiger partial charge in [0.1, 0.15) is 5.15 Å². The first kappa shape index (κ1) is 13.3. The molecule has 1 N–H and O–H groups in total. The third kappa shape index (κ3) is 2.65. The molecule has 0 aliphatic carbocycles. The molecule has 1 aromatic heterocycles. The average molecular weight is 269 g/mol. The van der Waals surface area contributed by atoms with E-state index in [0.717, 1.165) is 12.8 Å². The van der Waals surface area contributed by atoms with Crippen molar-refractivity contribution in [3.8, 4) is 0 Å². The van der Waals surface area contributed by atoms with Gasteiger partial charge in [-0.25, -0.2) is 4.98 Å². The number of rotatable bonds is 2. The predicted molar refractivity (Wildman–Crippen MR) is 69.6 cm³/mol. The van der Waals surface area contributed by atoms with Crippen LogP contribution in [0.2, 0.25) is 5.15 Å². The highest BCUT2D eigenvalue weighted by Crippen LogP contribution is 2.28. The molecule has 0 bridgehead atoms. The third-order valence-corrected chi connectivity index (χ3v) is 3.53. The van der Waals surface area contributed by atoms with Crippen molar-refractivity contribution in [1.29, 1.82) is 0 Å². The van der Waals surface area contributed by atoms with E-state index in [0.29, 0.717) is 17.3 Å². The van der Waals surface area contributed by atoms with E-state index in [1.54, 1.807) is 30.9 Å². The topological polar surface area (TPSA) is 53.4 Å². The van der Waals surface area contributed by atoms with Crippen LogP contribution in [0.15, 0.2) is 18.3 Å². The van der Waals surface area contributed by atoms with Gasteiger partial charge in [-0.3, -0.25) is 4.79 Å². The molecule has 0 aromatic carbocycles. The lowest BCUT2D eigenvalue weighted by molar-refractivity contribution is 0.000319. The summed E-state index contributed by atoms with van der Waals surface area (Å²) in [4.78, 5) is 18.0. The zero-order chi connectivity index (χ0) is 13.3. The minimum Gasteiger partial charge on any atom is -0.388 e. The quantitative estimate of drug-likeness (QED) is 0.836. The molecule has 18 heavy (non-hydrogen) atoms. The van der Waals surface area contributed by atoms with Crippen LogP contribution in [-0.4, -0.2) is 39.1 Å². The molecular formula is C13H17ClN2O2. The molecule has 1 unspecified atom stereocenters. The van der Waals surface area contributed by atoms with E-state index in [-0.39, 0.29) is 11.9 Å². The predicted octanol–water partition coefficient (Wildman–Crippen LogP) is 2.11. The highest BCUT2D eigenvalue weighted by Gasteiger charge is 2.38. The van der Waals surface area contributed by atoms with Gasteiger partial charge in [-0.2, -0.15) is 0 Å². The molecule has 1 amide bonds. The van der Waals surface area contributed by atoms with Crippen molar-refractivity contribution in [2.24, 2.45) is 0 Å². The molecule has 4 nitrogen and oxygen atoms in total. The van der Waals surface area contributed by atoms with Crippen molar-refractivity contribution in [1.82, 2.24) is 9.88 Å². The summed E-state index contributed by atoms with van der Waals surface area (Å²) in [6, 6.07) is 3.13. The van der Waals surface area contributed by atoms with Crippen molar-refractivity contribution in [2.45, 2.75) is 38.3 Å². The number of halogens is 1. The van der Waals surface area contributed by atoms with Gasteiger partial charge in [-0.05, 0) is 38.8 Å². The van der Waals surface area contributed by atoms with Crippen molar-refractivity contribution < 1.29 is 9.90 Å². The minimum absolute atomic E-state index is 0.0937. The molecule has 2 rings (SSSR count). The highest BCUT2D eigenvalue weighted by molar-refractivity contribution is 6.29. The van der Waals surface area contributed by atoms with Gasteiger partial charge in [0.2, 0.25) is 0 Å². The lowest BCUT2D eigenvalue weighted by Crippen LogP contribution is -2.48. The Kier molecular flexibility index (Phi) is 3.59. The number of likely N-dealkylation sites (tertiary alicyclic amines) is 1. The smallest absolute Gasteiger partial charge is 0.255 e. The Morgan fingerprint density at radius 1 is 1.56 bits per heavy atom. The second kappa shape index (κ2) is 4.86. The van der Waals surface area contributed by atoms with Crippen LogP contribution in [0.3, 0.4) is 0 Å². The molecule has 5 heteroatoms. The van der Waals surface area contributed by atoms with Crippen LogP contribution < -0.4 is 0 Å². The Labute approximate surface area is 112 Å². The van der Waals surface area contributed by atoms with Crippen molar-refractivity contribution >= 4 is 17.5 Å². The molecule has 0 saturated carbocycles. The zero-order valence-electron chi connectivity index (χ0n) is 10.6. The van der Waals surface area contributed by atoms with E-state index in [4.69, 9.17) is 11.6 Å². The van der Waals surface area contributed by atoms with E-state index in [1.807, 2.05) is 0 Å². The van der Waals surface area contributed by atoms with Crippen LogP contribution in [0.25, 0.3) is 0 Å². The van der Waals surface area contributed by atoms with Gasteiger partial charge in [0.25, 0.3) is 5.91 Å². The standard InChI is InChI=1S/C13H17ClN2O2/c1-13(2,18)10-4-3-7-16(10)12(17)9-5-6-11(14)15-8-9/h5-6,8,10,18H,3-4,7H2,1-2H3. The number of aliphatic hydroxyl groups is 1. The summed E-state index contributed by atoms with van der Waals surface area (Å²) >= 11 is 5.70. The number of carbonyl (C=O) groups is 1. The van der Waals surface area contributed by atoms with E-state index in [1.165, 1.54) is 6.20 Å². The summed E-state index contributed by atoms with van der Waals surface area (Å²) in [5, 5.41) is 10.5. The molecule has 0 radical (unpaired) electrons. The first-order chi connectivity index (χ1) is 8.39. The maximum Gasteiger partial charge on any atom is 0.255 e. The van der Waals surface area contributed by atoms with Gasteiger partial charge in [-0.15, -0.1) is 0 Å². The molecule has 1 aliphatic heterocycles. The van der Waals surface area contributed by atoms with Crippen LogP contribution in [0, 0.1) is 0 Å². The molecule has 2 heterocycles. The Hall–Kier alpha value is -1.13. The number of aromatic nitrogens is 1. The zero-order valence-corrected chi connectivity index (χ0v) is 11.3. The average Bonchev–Trinajstić information content (AvgIpc) is 2.77. The van der Waals surface area contributed by atoms with Crippen LogP contribution in [0.1, 0.15) is 37.0 Å². The molecular weight excluding hydrogens is 252 g/mol. The molecule has 1 fully saturated rings. The number of hydrogen-bond acceptors (Lipinski definition) is 3. The largest absolute Gasteiger partial charge is 0.388 e. The maximum atomic E-state index is 12.3. The van der Waals surface area contributed by atoms with Crippen molar-refractivity contribution in [3.05, 3.63) is 29.0 Å². The lowest BCUT2D eigenvalue weighted by atomic mass is 9.96. The molecule has 1 aromatic rings. The molecule has 1 aliphatic rings. The number of amides is 1. The van der Waals surface area contributed by atoms with Crippen LogP contribution in [-0.2, 0) is 0 Å². The maximum absolute atomic E-state index is 12.3. The van der Waals surface area contributed by atoms with E-state index >= 15 is 0 Å². The Bertz CT molecular complexity index is 439. The van der Waals surface area contributed by atoms with Gasteiger partial charge in [0.05, 0.1) is 17.2 Å². The van der Waals surface area contributed by atoms with Crippen molar-refractivity contribution in [2.75, 3.05) is 6.54 Å². The summed E-state index contributed by atoms with van der Waals surface area (Å²) in [7, 11) is 0. The van der Waals surface area contributed by atoms with E-state index < -0.39 is 5.60 Å². The first-order valence-electron chi connectivity index (χ1n) is 6.04. The fraction of sp³-hybridized carbons (Fsp3) is 0.538. The normalized spacial score (nSPS) is 20.2. The highest BCUT2D eigenvalue weighted by atomic mass is 35.5. The second-order valence-corrected chi connectivity index (χ2v) is 5.57. The van der Waals surface area contributed by atoms with Gasteiger partial charge < -0.3 is 10.0 Å². The number of nitrogens with zero attached hydrogens (tertiary/aromatic N) is 2.